The maximum absolute atomic E-state index is 6.44. The molecule has 0 saturated carbocycles. The number of nitrogens with zero attached hydrogens (tertiary/aromatic N) is 5. The molecular weight excluding hydrogens is 615 g/mol. The molecule has 0 radical (unpaired) electrons. The highest BCUT2D eigenvalue weighted by atomic mass is 16.5. The number of hydrogen-bond acceptors (Lipinski definition) is 2. The lowest BCUT2D eigenvalue weighted by Gasteiger charge is -2.11. The standard InChI is InChI=1S/C44H31N5O/c1-46-29-45-49(30-46)36-19-11-21-38(28-36)50-37-20-10-18-35(27-37)47-31-48(44-41-22-9-8-17-34(41)25-26-42(44)47)43-39(32-13-4-2-5-14-32)23-12-24-40(43)33-15-6-3-7-16-33/h2-29H,1H3/q+4. The summed E-state index contributed by atoms with van der Waals surface area (Å²) in [5, 5.41) is 6.69. The van der Waals surface area contributed by atoms with E-state index >= 15 is 0 Å². The van der Waals surface area contributed by atoms with Crippen molar-refractivity contribution in [1.29, 1.82) is 0 Å². The van der Waals surface area contributed by atoms with E-state index < -0.39 is 0 Å². The zero-order valence-corrected chi connectivity index (χ0v) is 27.3. The molecule has 2 aliphatic rings. The minimum atomic E-state index is 0.706. The molecule has 2 aliphatic heterocycles. The minimum absolute atomic E-state index is 0.706. The van der Waals surface area contributed by atoms with Gasteiger partial charge >= 0.3 is 24.0 Å². The fourth-order valence-corrected chi connectivity index (χ4v) is 6.66. The first kappa shape index (κ1) is 29.2. The maximum atomic E-state index is 6.44. The number of fused-ring (bicyclic) bond motifs is 3. The molecule has 234 valence electrons. The van der Waals surface area contributed by atoms with Gasteiger partial charge in [-0.1, -0.05) is 97.1 Å². The normalized spacial score (nSPS) is 13.1. The van der Waals surface area contributed by atoms with E-state index in [0.29, 0.717) is 11.5 Å². The Morgan fingerprint density at radius 2 is 1.14 bits per heavy atom. The monoisotopic (exact) mass is 645 g/mol. The Bertz CT molecular complexity index is 2590. The molecule has 0 N–H and O–H groups in total. The van der Waals surface area contributed by atoms with Crippen molar-refractivity contribution in [3.8, 4) is 33.8 Å². The molecule has 0 aliphatic carbocycles. The van der Waals surface area contributed by atoms with Crippen LogP contribution in [-0.4, -0.2) is 34.7 Å². The van der Waals surface area contributed by atoms with Crippen LogP contribution >= 0.6 is 0 Å². The van der Waals surface area contributed by atoms with Crippen molar-refractivity contribution < 1.29 is 14.0 Å². The first-order valence-electron chi connectivity index (χ1n) is 16.5. The average molecular weight is 646 g/mol. The van der Waals surface area contributed by atoms with Crippen molar-refractivity contribution in [3.05, 3.63) is 164 Å². The van der Waals surface area contributed by atoms with Crippen LogP contribution in [0, 0.1) is 0 Å². The van der Waals surface area contributed by atoms with Crippen molar-refractivity contribution in [2.24, 2.45) is 5.10 Å². The van der Waals surface area contributed by atoms with Gasteiger partial charge in [-0.05, 0) is 68.1 Å². The smallest absolute Gasteiger partial charge is 0.457 e. The van der Waals surface area contributed by atoms with Crippen molar-refractivity contribution in [2.75, 3.05) is 7.05 Å². The molecular formula is C44H31N5O+4. The lowest BCUT2D eigenvalue weighted by molar-refractivity contribution is -0.448. The van der Waals surface area contributed by atoms with Crippen LogP contribution in [0.5, 0.6) is 11.5 Å². The summed E-state index contributed by atoms with van der Waals surface area (Å²) in [7, 11) is 1.90. The molecule has 0 unspecified atom stereocenters. The molecule has 9 rings (SSSR count). The number of benzene rings is 7. The van der Waals surface area contributed by atoms with E-state index in [1.54, 1.807) is 15.6 Å². The summed E-state index contributed by atoms with van der Waals surface area (Å²) in [6.45, 7) is 0. The number of hydrazone groups is 1. The number of hydrogen-bond donors (Lipinski definition) is 0. The molecule has 0 saturated heterocycles. The Morgan fingerprint density at radius 1 is 0.520 bits per heavy atom. The van der Waals surface area contributed by atoms with Crippen molar-refractivity contribution in [2.45, 2.75) is 0 Å². The molecule has 0 spiro atoms. The lowest BCUT2D eigenvalue weighted by Crippen LogP contribution is -2.05. The van der Waals surface area contributed by atoms with Crippen LogP contribution in [0.15, 0.2) is 169 Å². The molecule has 7 aromatic carbocycles. The molecule has 6 nitrogen and oxygen atoms in total. The van der Waals surface area contributed by atoms with Crippen LogP contribution in [0.25, 0.3) is 33.0 Å². The van der Waals surface area contributed by atoms with E-state index in [4.69, 9.17) is 4.74 Å². The lowest BCUT2D eigenvalue weighted by atomic mass is 9.95. The zero-order valence-electron chi connectivity index (χ0n) is 27.3. The van der Waals surface area contributed by atoms with Gasteiger partial charge in [0.15, 0.2) is 0 Å². The summed E-state index contributed by atoms with van der Waals surface area (Å²) in [5.74, 6) is 1.42. The SMILES string of the molecule is C[N+]1=C=[N+](c2cccc(Oc3cccc([N+]4=C=[N+](c5c(-c6ccccc6)cccc5-c5ccccc5)c5c4ccc4ccccc54)c3)c2)N=C1. The summed E-state index contributed by atoms with van der Waals surface area (Å²) in [4.78, 5) is 0. The van der Waals surface area contributed by atoms with E-state index in [1.807, 2.05) is 43.4 Å². The van der Waals surface area contributed by atoms with Crippen LogP contribution in [-0.2, 0) is 0 Å². The second-order valence-electron chi connectivity index (χ2n) is 12.2. The Hall–Kier alpha value is -6.97. The second kappa shape index (κ2) is 12.2. The number of rotatable bonds is 7. The average Bonchev–Trinajstić information content (AvgIpc) is 3.80. The molecule has 0 bridgehead atoms. The fourth-order valence-electron chi connectivity index (χ4n) is 6.66. The van der Waals surface area contributed by atoms with Crippen LogP contribution in [0.2, 0.25) is 0 Å². The van der Waals surface area contributed by atoms with E-state index in [-0.39, 0.29) is 0 Å². The molecule has 0 atom stereocenters. The Kier molecular flexibility index (Phi) is 7.15. The van der Waals surface area contributed by atoms with E-state index in [9.17, 15) is 0 Å². The van der Waals surface area contributed by atoms with Gasteiger partial charge in [-0.15, -0.1) is 4.58 Å². The molecule has 2 heterocycles. The Labute approximate surface area is 289 Å². The van der Waals surface area contributed by atoms with Crippen LogP contribution in [0.3, 0.4) is 0 Å². The predicted molar refractivity (Wildman–Crippen MR) is 202 cm³/mol. The molecule has 0 fully saturated rings. The molecule has 50 heavy (non-hydrogen) atoms. The van der Waals surface area contributed by atoms with Gasteiger partial charge in [-0.3, -0.25) is 0 Å². The van der Waals surface area contributed by atoms with Gasteiger partial charge in [0.2, 0.25) is 22.2 Å². The van der Waals surface area contributed by atoms with Crippen molar-refractivity contribution in [3.63, 3.8) is 0 Å². The third-order valence-electron chi connectivity index (χ3n) is 8.94. The van der Waals surface area contributed by atoms with E-state index in [2.05, 4.69) is 154 Å². The predicted octanol–water partition coefficient (Wildman–Crippen LogP) is 10.2. The molecule has 7 aromatic rings. The minimum Gasteiger partial charge on any atom is -0.457 e. The zero-order chi connectivity index (χ0) is 33.4. The quantitative estimate of drug-likeness (QED) is 0.159. The first-order chi connectivity index (χ1) is 24.7. The maximum Gasteiger partial charge on any atom is 0.503 e. The Morgan fingerprint density at radius 3 is 1.82 bits per heavy atom. The third-order valence-corrected chi connectivity index (χ3v) is 8.94. The van der Waals surface area contributed by atoms with Gasteiger partial charge < -0.3 is 4.74 Å². The highest BCUT2D eigenvalue weighted by Crippen LogP contribution is 2.47. The Balaban J connectivity index is 1.24. The van der Waals surface area contributed by atoms with E-state index in [1.165, 1.54) is 5.39 Å². The van der Waals surface area contributed by atoms with Gasteiger partial charge in [-0.2, -0.15) is 0 Å². The van der Waals surface area contributed by atoms with E-state index in [0.717, 1.165) is 56.1 Å². The van der Waals surface area contributed by atoms with Gasteiger partial charge in [0.1, 0.15) is 23.2 Å². The van der Waals surface area contributed by atoms with Gasteiger partial charge in [-0.25, -0.2) is 0 Å². The van der Waals surface area contributed by atoms with Crippen LogP contribution in [0.4, 0.5) is 28.4 Å². The fraction of sp³-hybridized carbons (Fsp3) is 0.0227. The molecule has 0 aromatic heterocycles. The number of para-hydroxylation sites is 1. The van der Waals surface area contributed by atoms with Gasteiger partial charge in [0.05, 0.1) is 22.6 Å². The molecule has 0 amide bonds. The van der Waals surface area contributed by atoms with Crippen LogP contribution < -0.4 is 13.9 Å². The molecule has 6 heteroatoms. The topological polar surface area (TPSA) is 33.6 Å². The van der Waals surface area contributed by atoms with Crippen molar-refractivity contribution >= 4 is 57.6 Å². The van der Waals surface area contributed by atoms with Crippen LogP contribution in [0.1, 0.15) is 0 Å². The first-order valence-corrected chi connectivity index (χ1v) is 16.5. The summed E-state index contributed by atoms with van der Waals surface area (Å²) in [6, 6.07) is 63.6. The van der Waals surface area contributed by atoms with Gasteiger partial charge in [0, 0.05) is 18.2 Å². The third kappa shape index (κ3) is 5.24. The van der Waals surface area contributed by atoms with Crippen molar-refractivity contribution in [1.82, 2.24) is 9.15 Å². The summed E-state index contributed by atoms with van der Waals surface area (Å²) >= 11 is 0. The summed E-state index contributed by atoms with van der Waals surface area (Å²) < 4.78 is 14.3. The summed E-state index contributed by atoms with van der Waals surface area (Å²) in [6.07, 6.45) is 1.71. The van der Waals surface area contributed by atoms with Gasteiger partial charge in [0.25, 0.3) is 5.69 Å². The highest BCUT2D eigenvalue weighted by molar-refractivity contribution is 6.06. The second-order valence-corrected chi connectivity index (χ2v) is 12.2. The number of ether oxygens (including phenoxy) is 1. The highest BCUT2D eigenvalue weighted by Gasteiger charge is 2.41. The summed E-state index contributed by atoms with van der Waals surface area (Å²) in [5.41, 5.74) is 9.51. The largest absolute Gasteiger partial charge is 0.503 e.